The quantitative estimate of drug-likeness (QED) is 0.257. The molecule has 2 atom stereocenters. The molecule has 0 radical (unpaired) electrons. The second-order valence-electron chi connectivity index (χ2n) is 8.83. The van der Waals surface area contributed by atoms with Gasteiger partial charge in [-0.2, -0.15) is 0 Å². The molecule has 36 heavy (non-hydrogen) atoms. The number of nitrogens with one attached hydrogen (secondary N) is 2. The molecule has 4 aromatic rings. The van der Waals surface area contributed by atoms with Crippen LogP contribution in [-0.2, 0) is 11.2 Å². The van der Waals surface area contributed by atoms with Crippen molar-refractivity contribution >= 4 is 5.84 Å². The number of benzene rings is 2. The summed E-state index contributed by atoms with van der Waals surface area (Å²) in [4.78, 5) is 24.0. The smallest absolute Gasteiger partial charge is 0.350 e. The van der Waals surface area contributed by atoms with Crippen molar-refractivity contribution in [3.05, 3.63) is 99.5 Å². The first-order valence-electron chi connectivity index (χ1n) is 11.7. The lowest BCUT2D eigenvalue weighted by atomic mass is 9.90. The summed E-state index contributed by atoms with van der Waals surface area (Å²) in [5.41, 5.74) is 8.85. The van der Waals surface area contributed by atoms with Crippen molar-refractivity contribution in [2.45, 2.75) is 31.8 Å². The van der Waals surface area contributed by atoms with Crippen molar-refractivity contribution in [3.8, 4) is 11.7 Å². The van der Waals surface area contributed by atoms with Crippen molar-refractivity contribution < 1.29 is 9.47 Å². The van der Waals surface area contributed by atoms with E-state index in [1.165, 1.54) is 4.68 Å². The number of hydrogen-bond acceptors (Lipinski definition) is 7. The first kappa shape index (κ1) is 23.4. The normalized spacial score (nSPS) is 16.1. The van der Waals surface area contributed by atoms with Crippen LogP contribution in [0.4, 0.5) is 0 Å². The van der Waals surface area contributed by atoms with Gasteiger partial charge in [0.2, 0.25) is 0 Å². The second-order valence-corrected chi connectivity index (χ2v) is 8.83. The molecule has 4 N–H and O–H groups in total. The zero-order valence-electron chi connectivity index (χ0n) is 19.8. The van der Waals surface area contributed by atoms with Crippen LogP contribution in [0.1, 0.15) is 40.4 Å². The summed E-state index contributed by atoms with van der Waals surface area (Å²) >= 11 is 0. The van der Waals surface area contributed by atoms with Gasteiger partial charge in [0.1, 0.15) is 23.5 Å². The Morgan fingerprint density at radius 1 is 1.25 bits per heavy atom. The molecular formula is C26H27N7O3. The molecule has 10 nitrogen and oxygen atoms in total. The van der Waals surface area contributed by atoms with E-state index in [-0.39, 0.29) is 23.8 Å². The molecule has 184 valence electrons. The summed E-state index contributed by atoms with van der Waals surface area (Å²) in [6.07, 6.45) is 4.55. The highest BCUT2D eigenvalue weighted by molar-refractivity contribution is 5.94. The van der Waals surface area contributed by atoms with Gasteiger partial charge in [0.25, 0.3) is 5.95 Å². The van der Waals surface area contributed by atoms with Crippen LogP contribution in [0, 0.1) is 12.3 Å². The Kier molecular flexibility index (Phi) is 6.59. The highest BCUT2D eigenvalue weighted by Gasteiger charge is 2.24. The van der Waals surface area contributed by atoms with Gasteiger partial charge < -0.3 is 15.2 Å². The lowest BCUT2D eigenvalue weighted by Crippen LogP contribution is -2.18. The van der Waals surface area contributed by atoms with E-state index in [0.29, 0.717) is 31.0 Å². The van der Waals surface area contributed by atoms with Gasteiger partial charge >= 0.3 is 5.69 Å². The summed E-state index contributed by atoms with van der Waals surface area (Å²) in [6, 6.07) is 15.3. The van der Waals surface area contributed by atoms with Crippen LogP contribution >= 0.6 is 0 Å². The number of nitrogens with two attached hydrogens (primary N) is 1. The van der Waals surface area contributed by atoms with Crippen LogP contribution in [-0.4, -0.2) is 49.9 Å². The maximum atomic E-state index is 12.8. The van der Waals surface area contributed by atoms with Crippen LogP contribution in [0.2, 0.25) is 0 Å². The lowest BCUT2D eigenvalue weighted by Gasteiger charge is -2.19. The molecule has 0 bridgehead atoms. The van der Waals surface area contributed by atoms with Crippen LogP contribution < -0.4 is 16.2 Å². The molecule has 0 aliphatic carbocycles. The van der Waals surface area contributed by atoms with Crippen molar-refractivity contribution in [3.63, 3.8) is 0 Å². The minimum atomic E-state index is -0.416. The summed E-state index contributed by atoms with van der Waals surface area (Å²) in [7, 11) is 0. The minimum absolute atomic E-state index is 0.0143. The topological polar surface area (TPSA) is 145 Å². The van der Waals surface area contributed by atoms with E-state index in [0.717, 1.165) is 28.9 Å². The molecule has 0 spiro atoms. The second kappa shape index (κ2) is 10.1. The Hall–Kier alpha value is -4.31. The number of rotatable bonds is 8. The minimum Gasteiger partial charge on any atom is -0.488 e. The number of nitrogens with zero attached hydrogens (tertiary/aromatic N) is 4. The molecular weight excluding hydrogens is 458 g/mol. The van der Waals surface area contributed by atoms with E-state index in [9.17, 15) is 4.79 Å². The predicted octanol–water partition coefficient (Wildman–Crippen LogP) is 2.49. The molecule has 2 aromatic carbocycles. The van der Waals surface area contributed by atoms with Gasteiger partial charge in [-0.05, 0) is 48.2 Å². The Morgan fingerprint density at radius 3 is 2.72 bits per heavy atom. The largest absolute Gasteiger partial charge is 0.488 e. The number of aromatic nitrogens is 5. The monoisotopic (exact) mass is 485 g/mol. The SMILES string of the molecule is Cc1cc(O[C@@H]2CCOC2)cc(C(Cc2ccc(C(=N)N)cc2)c2nn(-c3ncccn3)c(=O)[nH]2)c1. The van der Waals surface area contributed by atoms with Crippen LogP contribution in [0.3, 0.4) is 0 Å². The molecule has 1 unspecified atom stereocenters. The number of aryl methyl sites for hydroxylation is 1. The maximum absolute atomic E-state index is 12.8. The van der Waals surface area contributed by atoms with Gasteiger partial charge in [-0.25, -0.2) is 14.8 Å². The van der Waals surface area contributed by atoms with Crippen LogP contribution in [0.25, 0.3) is 5.95 Å². The van der Waals surface area contributed by atoms with Gasteiger partial charge in [0.05, 0.1) is 13.2 Å². The van der Waals surface area contributed by atoms with Gasteiger partial charge in [0.15, 0.2) is 0 Å². The molecule has 10 heteroatoms. The Morgan fingerprint density at radius 2 is 2.03 bits per heavy atom. The average molecular weight is 486 g/mol. The molecule has 0 saturated carbocycles. The molecule has 1 saturated heterocycles. The summed E-state index contributed by atoms with van der Waals surface area (Å²) in [5.74, 6) is 1.17. The average Bonchev–Trinajstić information content (AvgIpc) is 3.52. The third kappa shape index (κ3) is 5.18. The van der Waals surface area contributed by atoms with Gasteiger partial charge in [0, 0.05) is 30.3 Å². The summed E-state index contributed by atoms with van der Waals surface area (Å²) in [6.45, 7) is 3.28. The maximum Gasteiger partial charge on any atom is 0.350 e. The van der Waals surface area contributed by atoms with Gasteiger partial charge in [-0.15, -0.1) is 9.78 Å². The van der Waals surface area contributed by atoms with Crippen molar-refractivity contribution in [2.24, 2.45) is 5.73 Å². The van der Waals surface area contributed by atoms with E-state index >= 15 is 0 Å². The first-order valence-corrected chi connectivity index (χ1v) is 11.7. The van der Waals surface area contributed by atoms with Crippen LogP contribution in [0.15, 0.2) is 65.7 Å². The Bertz CT molecular complexity index is 1410. The number of hydrogen-bond donors (Lipinski definition) is 3. The fourth-order valence-corrected chi connectivity index (χ4v) is 4.31. The number of nitrogen functional groups attached to an aromatic ring is 1. The Balaban J connectivity index is 1.54. The lowest BCUT2D eigenvalue weighted by molar-refractivity contribution is 0.141. The van der Waals surface area contributed by atoms with Gasteiger partial charge in [-0.1, -0.05) is 30.3 Å². The molecule has 1 fully saturated rings. The number of aromatic amines is 1. The molecule has 1 aliphatic heterocycles. The first-order chi connectivity index (χ1) is 17.5. The number of H-pyrrole nitrogens is 1. The van der Waals surface area contributed by atoms with Crippen molar-refractivity contribution in [2.75, 3.05) is 13.2 Å². The fourth-order valence-electron chi connectivity index (χ4n) is 4.31. The molecule has 0 amide bonds. The third-order valence-electron chi connectivity index (χ3n) is 6.08. The molecule has 2 aromatic heterocycles. The molecule has 1 aliphatic rings. The van der Waals surface area contributed by atoms with E-state index in [1.54, 1.807) is 18.5 Å². The van der Waals surface area contributed by atoms with E-state index < -0.39 is 5.69 Å². The highest BCUT2D eigenvalue weighted by atomic mass is 16.5. The molecule has 5 rings (SSSR count). The molecule has 3 heterocycles. The zero-order valence-corrected chi connectivity index (χ0v) is 19.8. The zero-order chi connectivity index (χ0) is 25.1. The number of ether oxygens (including phenoxy) is 2. The highest BCUT2D eigenvalue weighted by Crippen LogP contribution is 2.31. The standard InChI is InChI=1S/C26H27N7O3/c1-16-11-19(14-21(12-16)36-20-7-10-35-15-20)22(13-17-3-5-18(6-4-17)23(27)28)24-31-26(34)33(32-24)25-29-8-2-9-30-25/h2-6,8-9,11-12,14,20,22H,7,10,13,15H2,1H3,(H3,27,28)(H,31,32,34)/t20-,22?/m1/s1. The van der Waals surface area contributed by atoms with E-state index in [1.807, 2.05) is 43.3 Å². The summed E-state index contributed by atoms with van der Waals surface area (Å²) < 4.78 is 12.8. The van der Waals surface area contributed by atoms with Crippen molar-refractivity contribution in [1.82, 2.24) is 24.7 Å². The van der Waals surface area contributed by atoms with Crippen LogP contribution in [0.5, 0.6) is 5.75 Å². The fraction of sp³-hybridized carbons (Fsp3) is 0.269. The van der Waals surface area contributed by atoms with E-state index in [2.05, 4.69) is 26.1 Å². The number of amidine groups is 1. The van der Waals surface area contributed by atoms with E-state index in [4.69, 9.17) is 20.6 Å². The predicted molar refractivity (Wildman–Crippen MR) is 134 cm³/mol. The Labute approximate surface area is 207 Å². The third-order valence-corrected chi connectivity index (χ3v) is 6.08. The van der Waals surface area contributed by atoms with Crippen molar-refractivity contribution in [1.29, 1.82) is 5.41 Å². The summed E-state index contributed by atoms with van der Waals surface area (Å²) in [5, 5.41) is 12.2. The van der Waals surface area contributed by atoms with Gasteiger partial charge in [-0.3, -0.25) is 10.4 Å².